The zero-order chi connectivity index (χ0) is 13.0. The summed E-state index contributed by atoms with van der Waals surface area (Å²) >= 11 is 0. The number of likely N-dealkylation sites (tertiary alicyclic amines) is 1. The number of carbonyl (C=O) groups is 1. The molecule has 18 heavy (non-hydrogen) atoms. The van der Waals surface area contributed by atoms with E-state index in [-0.39, 0.29) is 17.8 Å². The summed E-state index contributed by atoms with van der Waals surface area (Å²) in [6.45, 7) is 4.22. The Hall–Kier alpha value is -1.35. The van der Waals surface area contributed by atoms with Crippen LogP contribution in [0.3, 0.4) is 0 Å². The summed E-state index contributed by atoms with van der Waals surface area (Å²) in [7, 11) is 2.11. The van der Waals surface area contributed by atoms with Crippen molar-refractivity contribution in [1.82, 2.24) is 4.90 Å². The molecule has 0 amide bonds. The molecule has 0 spiro atoms. The summed E-state index contributed by atoms with van der Waals surface area (Å²) in [5.74, 6) is 0.215. The third-order valence-corrected chi connectivity index (χ3v) is 3.63. The third-order valence-electron chi connectivity index (χ3n) is 3.63. The van der Waals surface area contributed by atoms with Crippen LogP contribution in [0.1, 0.15) is 24.8 Å². The smallest absolute Gasteiger partial charge is 0.309 e. The first-order valence-corrected chi connectivity index (χ1v) is 6.62. The minimum Gasteiger partial charge on any atom is -0.466 e. The Kier molecular flexibility index (Phi) is 4.37. The molecule has 0 aliphatic carbocycles. The van der Waals surface area contributed by atoms with Gasteiger partial charge in [0.05, 0.1) is 12.5 Å². The minimum absolute atomic E-state index is 0.00329. The van der Waals surface area contributed by atoms with Crippen LogP contribution in [-0.2, 0) is 9.53 Å². The standard InChI is InChI=1S/C15H21NO2/c1-3-18-15(17)13-9-10-16(2)11-14(13)12-7-5-4-6-8-12/h4-8,13-14H,3,9-11H2,1-2H3/t13-,14-/m0/s1. The Labute approximate surface area is 109 Å². The molecule has 0 aromatic heterocycles. The zero-order valence-corrected chi connectivity index (χ0v) is 11.1. The van der Waals surface area contributed by atoms with E-state index in [1.54, 1.807) is 0 Å². The van der Waals surface area contributed by atoms with E-state index in [4.69, 9.17) is 4.74 Å². The van der Waals surface area contributed by atoms with Crippen LogP contribution in [0, 0.1) is 5.92 Å². The van der Waals surface area contributed by atoms with Gasteiger partial charge in [-0.3, -0.25) is 4.79 Å². The Balaban J connectivity index is 2.19. The molecule has 1 saturated heterocycles. The third kappa shape index (κ3) is 2.91. The van der Waals surface area contributed by atoms with Gasteiger partial charge in [-0.05, 0) is 32.5 Å². The number of likely N-dealkylation sites (N-methyl/N-ethyl adjacent to an activating group) is 1. The molecule has 98 valence electrons. The molecule has 0 N–H and O–H groups in total. The summed E-state index contributed by atoms with van der Waals surface area (Å²) in [5.41, 5.74) is 1.24. The van der Waals surface area contributed by atoms with Gasteiger partial charge in [0, 0.05) is 12.5 Å². The summed E-state index contributed by atoms with van der Waals surface area (Å²) in [4.78, 5) is 14.3. The lowest BCUT2D eigenvalue weighted by atomic mass is 9.81. The SMILES string of the molecule is CCOC(=O)[C@H]1CCN(C)C[C@H]1c1ccccc1. The normalized spacial score (nSPS) is 24.8. The van der Waals surface area contributed by atoms with Gasteiger partial charge in [-0.2, -0.15) is 0 Å². The predicted molar refractivity (Wildman–Crippen MR) is 71.4 cm³/mol. The number of hydrogen-bond acceptors (Lipinski definition) is 3. The van der Waals surface area contributed by atoms with Crippen LogP contribution in [0.5, 0.6) is 0 Å². The number of rotatable bonds is 3. The van der Waals surface area contributed by atoms with E-state index in [2.05, 4.69) is 24.1 Å². The fourth-order valence-electron chi connectivity index (χ4n) is 2.68. The van der Waals surface area contributed by atoms with Crippen molar-refractivity contribution in [3.63, 3.8) is 0 Å². The Bertz CT molecular complexity index is 391. The molecule has 3 nitrogen and oxygen atoms in total. The minimum atomic E-state index is -0.0422. The highest BCUT2D eigenvalue weighted by molar-refractivity contribution is 5.74. The van der Waals surface area contributed by atoms with E-state index >= 15 is 0 Å². The molecule has 1 aliphatic rings. The van der Waals surface area contributed by atoms with Gasteiger partial charge in [-0.15, -0.1) is 0 Å². The van der Waals surface area contributed by atoms with Crippen molar-refractivity contribution < 1.29 is 9.53 Å². The van der Waals surface area contributed by atoms with E-state index in [1.807, 2.05) is 25.1 Å². The van der Waals surface area contributed by atoms with Gasteiger partial charge in [-0.1, -0.05) is 30.3 Å². The predicted octanol–water partition coefficient (Wildman–Crippen LogP) is 2.29. The maximum absolute atomic E-state index is 12.0. The van der Waals surface area contributed by atoms with Crippen LogP contribution >= 0.6 is 0 Å². The van der Waals surface area contributed by atoms with Crippen LogP contribution in [-0.4, -0.2) is 37.6 Å². The Morgan fingerprint density at radius 3 is 2.78 bits per heavy atom. The van der Waals surface area contributed by atoms with Gasteiger partial charge in [0.25, 0.3) is 0 Å². The first-order valence-electron chi connectivity index (χ1n) is 6.62. The largest absolute Gasteiger partial charge is 0.466 e. The van der Waals surface area contributed by atoms with E-state index in [0.29, 0.717) is 6.61 Å². The van der Waals surface area contributed by atoms with Crippen LogP contribution in [0.25, 0.3) is 0 Å². The van der Waals surface area contributed by atoms with Gasteiger partial charge in [0.2, 0.25) is 0 Å². The lowest BCUT2D eigenvalue weighted by Crippen LogP contribution is -2.40. The van der Waals surface area contributed by atoms with E-state index in [9.17, 15) is 4.79 Å². The summed E-state index contributed by atoms with van der Waals surface area (Å²) in [5, 5.41) is 0. The summed E-state index contributed by atoms with van der Waals surface area (Å²) in [6, 6.07) is 10.3. The van der Waals surface area contributed by atoms with Crippen molar-refractivity contribution in [2.75, 3.05) is 26.7 Å². The van der Waals surface area contributed by atoms with Crippen molar-refractivity contribution in [2.24, 2.45) is 5.92 Å². The molecule has 2 atom stereocenters. The summed E-state index contributed by atoms with van der Waals surface area (Å²) in [6.07, 6.45) is 0.884. The van der Waals surface area contributed by atoms with Crippen molar-refractivity contribution in [3.8, 4) is 0 Å². The van der Waals surface area contributed by atoms with Crippen LogP contribution in [0.15, 0.2) is 30.3 Å². The molecule has 1 aromatic rings. The number of ether oxygens (including phenoxy) is 1. The van der Waals surface area contributed by atoms with Gasteiger partial charge in [0.1, 0.15) is 0 Å². The van der Waals surface area contributed by atoms with Crippen LogP contribution in [0.2, 0.25) is 0 Å². The number of esters is 1. The molecule has 1 aliphatic heterocycles. The Morgan fingerprint density at radius 2 is 2.11 bits per heavy atom. The molecule has 0 radical (unpaired) electrons. The molecular formula is C15H21NO2. The van der Waals surface area contributed by atoms with Crippen LogP contribution in [0.4, 0.5) is 0 Å². The molecular weight excluding hydrogens is 226 g/mol. The van der Waals surface area contributed by atoms with Gasteiger partial charge >= 0.3 is 5.97 Å². The van der Waals surface area contributed by atoms with E-state index in [1.165, 1.54) is 5.56 Å². The average molecular weight is 247 g/mol. The topological polar surface area (TPSA) is 29.5 Å². The fourth-order valence-corrected chi connectivity index (χ4v) is 2.68. The van der Waals surface area contributed by atoms with E-state index in [0.717, 1.165) is 19.5 Å². The first kappa shape index (κ1) is 13.1. The molecule has 1 aromatic carbocycles. The molecule has 1 fully saturated rings. The second-order valence-electron chi connectivity index (χ2n) is 4.93. The lowest BCUT2D eigenvalue weighted by Gasteiger charge is -2.35. The molecule has 0 saturated carbocycles. The molecule has 1 heterocycles. The molecule has 3 heteroatoms. The van der Waals surface area contributed by atoms with E-state index < -0.39 is 0 Å². The number of nitrogens with zero attached hydrogens (tertiary/aromatic N) is 1. The number of benzene rings is 1. The van der Waals surface area contributed by atoms with Crippen LogP contribution < -0.4 is 0 Å². The monoisotopic (exact) mass is 247 g/mol. The maximum atomic E-state index is 12.0. The number of carbonyl (C=O) groups excluding carboxylic acids is 1. The van der Waals surface area contributed by atoms with Crippen molar-refractivity contribution >= 4 is 5.97 Å². The molecule has 0 bridgehead atoms. The zero-order valence-electron chi connectivity index (χ0n) is 11.1. The van der Waals surface area contributed by atoms with Crippen molar-refractivity contribution in [1.29, 1.82) is 0 Å². The van der Waals surface area contributed by atoms with Crippen molar-refractivity contribution in [2.45, 2.75) is 19.3 Å². The van der Waals surface area contributed by atoms with Gasteiger partial charge in [-0.25, -0.2) is 0 Å². The second kappa shape index (κ2) is 6.01. The average Bonchev–Trinajstić information content (AvgIpc) is 2.40. The maximum Gasteiger partial charge on any atom is 0.309 e. The number of piperidine rings is 1. The van der Waals surface area contributed by atoms with Gasteiger partial charge < -0.3 is 9.64 Å². The quantitative estimate of drug-likeness (QED) is 0.767. The highest BCUT2D eigenvalue weighted by Gasteiger charge is 2.34. The molecule has 0 unspecified atom stereocenters. The molecule has 2 rings (SSSR count). The summed E-state index contributed by atoms with van der Waals surface area (Å²) < 4.78 is 5.21. The first-order chi connectivity index (χ1) is 8.72. The highest BCUT2D eigenvalue weighted by Crippen LogP contribution is 2.32. The second-order valence-corrected chi connectivity index (χ2v) is 4.93. The highest BCUT2D eigenvalue weighted by atomic mass is 16.5. The van der Waals surface area contributed by atoms with Gasteiger partial charge in [0.15, 0.2) is 0 Å². The number of hydrogen-bond donors (Lipinski definition) is 0. The Morgan fingerprint density at radius 1 is 1.39 bits per heavy atom. The fraction of sp³-hybridized carbons (Fsp3) is 0.533. The van der Waals surface area contributed by atoms with Crippen molar-refractivity contribution in [3.05, 3.63) is 35.9 Å². The lowest BCUT2D eigenvalue weighted by molar-refractivity contribution is -0.150.